The lowest BCUT2D eigenvalue weighted by Gasteiger charge is -2.27. The van der Waals surface area contributed by atoms with Crippen molar-refractivity contribution >= 4 is 17.0 Å². The summed E-state index contributed by atoms with van der Waals surface area (Å²) in [6, 6.07) is 12.4. The molecule has 0 N–H and O–H groups in total. The lowest BCUT2D eigenvalue weighted by Crippen LogP contribution is -2.24. The van der Waals surface area contributed by atoms with Gasteiger partial charge in [0, 0.05) is 30.3 Å². The van der Waals surface area contributed by atoms with Crippen LogP contribution in [0, 0.1) is 12.8 Å². The Bertz CT molecular complexity index is 1400. The molecule has 1 fully saturated rings. The molecule has 0 aliphatic heterocycles. The predicted molar refractivity (Wildman–Crippen MR) is 147 cm³/mol. The minimum absolute atomic E-state index is 0.304. The van der Waals surface area contributed by atoms with Crippen LogP contribution in [0.1, 0.15) is 55.3 Å². The minimum atomic E-state index is 0.304. The van der Waals surface area contributed by atoms with E-state index in [1.807, 2.05) is 22.9 Å². The van der Waals surface area contributed by atoms with E-state index in [0.29, 0.717) is 30.6 Å². The molecule has 2 heterocycles. The normalized spacial score (nSPS) is 17.4. The van der Waals surface area contributed by atoms with E-state index in [1.165, 1.54) is 12.8 Å². The number of hydrogen-bond acceptors (Lipinski definition) is 8. The van der Waals surface area contributed by atoms with Gasteiger partial charge in [0.15, 0.2) is 17.0 Å². The first kappa shape index (κ1) is 25.8. The Morgan fingerprint density at radius 3 is 2.37 bits per heavy atom. The number of hydrogen-bond donors (Lipinski definition) is 0. The second-order valence-electron chi connectivity index (χ2n) is 10.2. The number of fused-ring (bicyclic) bond motifs is 1. The topological polar surface area (TPSA) is 87.4 Å². The van der Waals surface area contributed by atoms with Crippen LogP contribution < -0.4 is 19.1 Å². The number of nitrogens with zero attached hydrogens (tertiary/aromatic N) is 6. The fourth-order valence-corrected chi connectivity index (χ4v) is 5.44. The number of aryl methyl sites for hydroxylation is 1. The first-order valence-electron chi connectivity index (χ1n) is 13.2. The molecule has 5 rings (SSSR count). The van der Waals surface area contributed by atoms with Gasteiger partial charge in [0.1, 0.15) is 23.6 Å². The van der Waals surface area contributed by atoms with Crippen LogP contribution in [0.5, 0.6) is 17.2 Å². The summed E-state index contributed by atoms with van der Waals surface area (Å²) in [4.78, 5) is 11.5. The zero-order valence-corrected chi connectivity index (χ0v) is 22.8. The Kier molecular flexibility index (Phi) is 7.62. The van der Waals surface area contributed by atoms with Gasteiger partial charge in [0.2, 0.25) is 0 Å². The highest BCUT2D eigenvalue weighted by molar-refractivity contribution is 5.82. The standard InChI is InChI=1S/C29H36N6O3/c1-19-7-6-8-23(13-19)35-29-27(32-33-35)28(30-18-31-29)34(16-21-10-9-20(2)14-25(21)37-4)17-22-11-12-24(36-3)15-26(22)38-5/h9-12,14-15,18-19,23H,6-8,13,16-17H2,1-5H3. The number of ether oxygens (including phenoxy) is 3. The van der Waals surface area contributed by atoms with Gasteiger partial charge < -0.3 is 19.1 Å². The lowest BCUT2D eigenvalue weighted by molar-refractivity contribution is 0.267. The fourth-order valence-electron chi connectivity index (χ4n) is 5.44. The molecule has 2 atom stereocenters. The number of benzene rings is 2. The summed E-state index contributed by atoms with van der Waals surface area (Å²) in [5.74, 6) is 3.72. The molecule has 0 bridgehead atoms. The summed E-state index contributed by atoms with van der Waals surface area (Å²) in [5.41, 5.74) is 4.66. The number of methoxy groups -OCH3 is 3. The fraction of sp³-hybridized carbons (Fsp3) is 0.448. The van der Waals surface area contributed by atoms with Crippen molar-refractivity contribution < 1.29 is 14.2 Å². The highest BCUT2D eigenvalue weighted by Gasteiger charge is 2.26. The van der Waals surface area contributed by atoms with Crippen molar-refractivity contribution in [3.05, 3.63) is 59.4 Å². The molecule has 0 amide bonds. The van der Waals surface area contributed by atoms with Crippen molar-refractivity contribution in [1.29, 1.82) is 0 Å². The first-order chi connectivity index (χ1) is 18.5. The average molecular weight is 517 g/mol. The van der Waals surface area contributed by atoms with Crippen LogP contribution in [0.4, 0.5) is 5.82 Å². The Balaban J connectivity index is 1.58. The van der Waals surface area contributed by atoms with Gasteiger partial charge in [-0.05, 0) is 49.4 Å². The number of aromatic nitrogens is 5. The van der Waals surface area contributed by atoms with E-state index in [2.05, 4.69) is 52.2 Å². The van der Waals surface area contributed by atoms with E-state index in [4.69, 9.17) is 19.2 Å². The van der Waals surface area contributed by atoms with Gasteiger partial charge in [-0.15, -0.1) is 5.10 Å². The van der Waals surface area contributed by atoms with Crippen molar-refractivity contribution in [1.82, 2.24) is 25.0 Å². The molecular weight excluding hydrogens is 480 g/mol. The predicted octanol–water partition coefficient (Wildman–Crippen LogP) is 5.51. The van der Waals surface area contributed by atoms with Crippen LogP contribution in [-0.2, 0) is 13.1 Å². The van der Waals surface area contributed by atoms with Crippen LogP contribution in [-0.4, -0.2) is 46.3 Å². The second-order valence-corrected chi connectivity index (χ2v) is 10.2. The first-order valence-corrected chi connectivity index (χ1v) is 13.2. The summed E-state index contributed by atoms with van der Waals surface area (Å²) < 4.78 is 18.9. The summed E-state index contributed by atoms with van der Waals surface area (Å²) in [6.07, 6.45) is 6.26. The minimum Gasteiger partial charge on any atom is -0.497 e. The van der Waals surface area contributed by atoms with Gasteiger partial charge in [-0.25, -0.2) is 14.6 Å². The zero-order valence-electron chi connectivity index (χ0n) is 22.8. The third-order valence-corrected chi connectivity index (χ3v) is 7.46. The Morgan fingerprint density at radius 2 is 1.66 bits per heavy atom. The van der Waals surface area contributed by atoms with Crippen LogP contribution in [0.2, 0.25) is 0 Å². The average Bonchev–Trinajstić information content (AvgIpc) is 3.38. The second kappa shape index (κ2) is 11.2. The monoisotopic (exact) mass is 516 g/mol. The molecule has 0 saturated heterocycles. The van der Waals surface area contributed by atoms with Crippen molar-refractivity contribution in [2.75, 3.05) is 26.2 Å². The maximum Gasteiger partial charge on any atom is 0.184 e. The highest BCUT2D eigenvalue weighted by atomic mass is 16.5. The van der Waals surface area contributed by atoms with E-state index < -0.39 is 0 Å². The third kappa shape index (κ3) is 5.23. The molecule has 0 radical (unpaired) electrons. The molecule has 9 heteroatoms. The van der Waals surface area contributed by atoms with E-state index in [1.54, 1.807) is 27.7 Å². The van der Waals surface area contributed by atoms with Crippen molar-refractivity contribution in [3.63, 3.8) is 0 Å². The summed E-state index contributed by atoms with van der Waals surface area (Å²) >= 11 is 0. The molecule has 0 spiro atoms. The van der Waals surface area contributed by atoms with E-state index in [-0.39, 0.29) is 0 Å². The molecule has 9 nitrogen and oxygen atoms in total. The smallest absolute Gasteiger partial charge is 0.184 e. The molecule has 2 aromatic carbocycles. The van der Waals surface area contributed by atoms with Crippen molar-refractivity contribution in [2.24, 2.45) is 5.92 Å². The molecule has 200 valence electrons. The van der Waals surface area contributed by atoms with Crippen LogP contribution in [0.15, 0.2) is 42.7 Å². The molecular formula is C29H36N6O3. The Labute approximate surface area is 223 Å². The van der Waals surface area contributed by atoms with Gasteiger partial charge in [-0.3, -0.25) is 0 Å². The molecule has 1 saturated carbocycles. The summed E-state index contributed by atoms with van der Waals surface area (Å²) in [7, 11) is 5.03. The SMILES string of the molecule is COc1ccc(CN(Cc2ccc(C)cc2OC)c2ncnc3c2nnn3C2CCCC(C)C2)c(OC)c1. The van der Waals surface area contributed by atoms with Crippen LogP contribution >= 0.6 is 0 Å². The van der Waals surface area contributed by atoms with Crippen molar-refractivity contribution in [2.45, 2.75) is 58.7 Å². The molecule has 2 unspecified atom stereocenters. The molecule has 2 aromatic heterocycles. The van der Waals surface area contributed by atoms with E-state index >= 15 is 0 Å². The van der Waals surface area contributed by atoms with E-state index in [9.17, 15) is 0 Å². The van der Waals surface area contributed by atoms with Gasteiger partial charge in [-0.1, -0.05) is 37.1 Å². The summed E-state index contributed by atoms with van der Waals surface area (Å²) in [5, 5.41) is 9.20. The number of anilines is 1. The maximum atomic E-state index is 5.74. The number of rotatable bonds is 9. The van der Waals surface area contributed by atoms with Crippen LogP contribution in [0.25, 0.3) is 11.2 Å². The molecule has 1 aliphatic carbocycles. The Morgan fingerprint density at radius 1 is 0.921 bits per heavy atom. The van der Waals surface area contributed by atoms with Gasteiger partial charge >= 0.3 is 0 Å². The summed E-state index contributed by atoms with van der Waals surface area (Å²) in [6.45, 7) is 5.46. The van der Waals surface area contributed by atoms with Gasteiger partial charge in [-0.2, -0.15) is 0 Å². The molecule has 38 heavy (non-hydrogen) atoms. The largest absolute Gasteiger partial charge is 0.497 e. The maximum absolute atomic E-state index is 5.74. The quantitative estimate of drug-likeness (QED) is 0.288. The lowest BCUT2D eigenvalue weighted by atomic mass is 9.87. The molecule has 4 aromatic rings. The Hall–Kier alpha value is -3.88. The van der Waals surface area contributed by atoms with Crippen molar-refractivity contribution in [3.8, 4) is 17.2 Å². The molecule has 1 aliphatic rings. The third-order valence-electron chi connectivity index (χ3n) is 7.46. The van der Waals surface area contributed by atoms with E-state index in [0.717, 1.165) is 58.2 Å². The van der Waals surface area contributed by atoms with Gasteiger partial charge in [0.05, 0.1) is 27.4 Å². The van der Waals surface area contributed by atoms with Crippen LogP contribution in [0.3, 0.4) is 0 Å². The van der Waals surface area contributed by atoms with Gasteiger partial charge in [0.25, 0.3) is 0 Å². The zero-order chi connectivity index (χ0) is 26.6. The highest BCUT2D eigenvalue weighted by Crippen LogP contribution is 2.35.